The van der Waals surface area contributed by atoms with E-state index in [9.17, 15) is 0 Å². The largest absolute Gasteiger partial charge is 0.309 e. The Balaban J connectivity index is 1.43. The zero-order valence-electron chi connectivity index (χ0n) is 18.0. The molecule has 0 saturated carbocycles. The number of pyridine rings is 1. The predicted molar refractivity (Wildman–Crippen MR) is 140 cm³/mol. The Morgan fingerprint density at radius 1 is 0.676 bits per heavy atom. The molecule has 3 aromatic carbocycles. The molecule has 0 aliphatic rings. The molecule has 0 spiro atoms. The SMILES string of the molecule is c1cc(-n2cnc3c2c2sccc2n2nccc32)cc(-n2c3ccccc3c3ccccc32)c1. The van der Waals surface area contributed by atoms with E-state index in [1.807, 2.05) is 23.1 Å². The van der Waals surface area contributed by atoms with Crippen molar-refractivity contribution in [1.82, 2.24) is 23.7 Å². The van der Waals surface area contributed by atoms with Crippen molar-refractivity contribution >= 4 is 59.9 Å². The van der Waals surface area contributed by atoms with Gasteiger partial charge in [-0.1, -0.05) is 42.5 Å². The molecule has 34 heavy (non-hydrogen) atoms. The third-order valence-electron chi connectivity index (χ3n) is 6.69. The van der Waals surface area contributed by atoms with Crippen LogP contribution in [0.25, 0.3) is 59.9 Å². The van der Waals surface area contributed by atoms with Crippen LogP contribution in [0.1, 0.15) is 0 Å². The molecule has 8 rings (SSSR count). The molecular formula is C28H17N5S. The Morgan fingerprint density at radius 2 is 1.44 bits per heavy atom. The van der Waals surface area contributed by atoms with Crippen molar-refractivity contribution in [3.63, 3.8) is 0 Å². The maximum absolute atomic E-state index is 4.82. The van der Waals surface area contributed by atoms with Gasteiger partial charge in [-0.3, -0.25) is 4.57 Å². The summed E-state index contributed by atoms with van der Waals surface area (Å²) in [5, 5.41) is 9.18. The Kier molecular flexibility index (Phi) is 3.48. The highest BCUT2D eigenvalue weighted by atomic mass is 32.1. The third-order valence-corrected chi connectivity index (χ3v) is 7.60. The minimum atomic E-state index is 0.967. The highest BCUT2D eigenvalue weighted by Crippen LogP contribution is 2.35. The van der Waals surface area contributed by atoms with E-state index in [0.717, 1.165) is 33.4 Å². The van der Waals surface area contributed by atoms with Gasteiger partial charge >= 0.3 is 0 Å². The topological polar surface area (TPSA) is 40.1 Å². The van der Waals surface area contributed by atoms with Crippen LogP contribution in [0.15, 0.2) is 103 Å². The first-order chi connectivity index (χ1) is 16.9. The molecule has 5 heterocycles. The molecular weight excluding hydrogens is 438 g/mol. The van der Waals surface area contributed by atoms with Gasteiger partial charge in [0.2, 0.25) is 0 Å². The summed E-state index contributed by atoms with van der Waals surface area (Å²) in [6.45, 7) is 0. The Bertz CT molecular complexity index is 1950. The van der Waals surface area contributed by atoms with Crippen LogP contribution in [0.3, 0.4) is 0 Å². The van der Waals surface area contributed by atoms with E-state index in [1.165, 1.54) is 26.5 Å². The first-order valence-electron chi connectivity index (χ1n) is 11.2. The average molecular weight is 456 g/mol. The molecule has 8 aromatic rings. The second-order valence-electron chi connectivity index (χ2n) is 8.46. The lowest BCUT2D eigenvalue weighted by Gasteiger charge is -2.11. The fraction of sp³-hybridized carbons (Fsp3) is 0. The number of rotatable bonds is 2. The average Bonchev–Trinajstić information content (AvgIpc) is 3.67. The highest BCUT2D eigenvalue weighted by molar-refractivity contribution is 7.18. The highest BCUT2D eigenvalue weighted by Gasteiger charge is 2.17. The Hall–Kier alpha value is -4.42. The van der Waals surface area contributed by atoms with Crippen molar-refractivity contribution in [2.75, 3.05) is 0 Å². The van der Waals surface area contributed by atoms with E-state index in [-0.39, 0.29) is 0 Å². The Labute approximate surface area is 197 Å². The monoisotopic (exact) mass is 455 g/mol. The lowest BCUT2D eigenvalue weighted by molar-refractivity contribution is 1.01. The normalized spacial score (nSPS) is 12.1. The number of aromatic nitrogens is 5. The molecule has 6 heteroatoms. The summed E-state index contributed by atoms with van der Waals surface area (Å²) in [7, 11) is 0. The molecule has 0 saturated heterocycles. The molecule has 0 atom stereocenters. The summed E-state index contributed by atoms with van der Waals surface area (Å²) in [5.41, 5.74) is 8.85. The lowest BCUT2D eigenvalue weighted by atomic mass is 10.2. The van der Waals surface area contributed by atoms with Crippen molar-refractivity contribution in [2.45, 2.75) is 0 Å². The zero-order valence-corrected chi connectivity index (χ0v) is 18.8. The minimum Gasteiger partial charge on any atom is -0.309 e. The number of para-hydroxylation sites is 2. The molecule has 160 valence electrons. The van der Waals surface area contributed by atoms with Crippen LogP contribution in [-0.4, -0.2) is 23.7 Å². The second-order valence-corrected chi connectivity index (χ2v) is 9.38. The van der Waals surface area contributed by atoms with Gasteiger partial charge in [-0.05, 0) is 47.8 Å². The summed E-state index contributed by atoms with van der Waals surface area (Å²) < 4.78 is 7.73. The van der Waals surface area contributed by atoms with Crippen molar-refractivity contribution < 1.29 is 0 Å². The van der Waals surface area contributed by atoms with Crippen LogP contribution < -0.4 is 0 Å². The van der Waals surface area contributed by atoms with Gasteiger partial charge in [0.05, 0.1) is 38.5 Å². The molecule has 0 unspecified atom stereocenters. The number of hydrogen-bond donors (Lipinski definition) is 0. The van der Waals surface area contributed by atoms with Crippen molar-refractivity contribution in [1.29, 1.82) is 0 Å². The van der Waals surface area contributed by atoms with Crippen LogP contribution in [0.2, 0.25) is 0 Å². The summed E-state index contributed by atoms with van der Waals surface area (Å²) in [4.78, 5) is 4.82. The second kappa shape index (κ2) is 6.56. The van der Waals surface area contributed by atoms with Gasteiger partial charge in [-0.25, -0.2) is 9.50 Å². The fourth-order valence-corrected chi connectivity index (χ4v) is 6.17. The van der Waals surface area contributed by atoms with Gasteiger partial charge in [-0.15, -0.1) is 11.3 Å². The van der Waals surface area contributed by atoms with Crippen LogP contribution >= 0.6 is 11.3 Å². The summed E-state index contributed by atoms with van der Waals surface area (Å²) >= 11 is 1.73. The summed E-state index contributed by atoms with van der Waals surface area (Å²) in [5.74, 6) is 0. The number of imidazole rings is 1. The molecule has 5 aromatic heterocycles. The lowest BCUT2D eigenvalue weighted by Crippen LogP contribution is -1.98. The molecule has 5 nitrogen and oxygen atoms in total. The molecule has 0 fully saturated rings. The van der Waals surface area contributed by atoms with Crippen LogP contribution in [0, 0.1) is 0 Å². The molecule has 0 radical (unpaired) electrons. The fourth-order valence-electron chi connectivity index (χ4n) is 5.25. The number of thiophene rings is 1. The van der Waals surface area contributed by atoms with Crippen LogP contribution in [-0.2, 0) is 0 Å². The number of fused-ring (bicyclic) bond motifs is 9. The number of nitrogens with zero attached hydrogens (tertiary/aromatic N) is 5. The van der Waals surface area contributed by atoms with E-state index < -0.39 is 0 Å². The molecule has 0 bridgehead atoms. The van der Waals surface area contributed by atoms with E-state index in [2.05, 4.69) is 98.5 Å². The van der Waals surface area contributed by atoms with E-state index >= 15 is 0 Å². The van der Waals surface area contributed by atoms with Gasteiger partial charge in [0.15, 0.2) is 0 Å². The molecule has 0 aliphatic heterocycles. The summed E-state index contributed by atoms with van der Waals surface area (Å²) in [6.07, 6.45) is 3.77. The first kappa shape index (κ1) is 18.1. The Morgan fingerprint density at radius 3 is 2.26 bits per heavy atom. The zero-order chi connectivity index (χ0) is 22.2. The smallest absolute Gasteiger partial charge is 0.116 e. The van der Waals surface area contributed by atoms with Crippen molar-refractivity contribution in [3.8, 4) is 11.4 Å². The van der Waals surface area contributed by atoms with Crippen molar-refractivity contribution in [2.24, 2.45) is 0 Å². The maximum atomic E-state index is 4.82. The molecule has 0 N–H and O–H groups in total. The van der Waals surface area contributed by atoms with Crippen molar-refractivity contribution in [3.05, 3.63) is 103 Å². The van der Waals surface area contributed by atoms with Gasteiger partial charge in [0.25, 0.3) is 0 Å². The quantitative estimate of drug-likeness (QED) is 0.282. The van der Waals surface area contributed by atoms with E-state index in [4.69, 9.17) is 4.98 Å². The van der Waals surface area contributed by atoms with E-state index in [0.29, 0.717) is 0 Å². The number of benzene rings is 3. The summed E-state index contributed by atoms with van der Waals surface area (Å²) in [6, 6.07) is 30.1. The molecule has 0 amide bonds. The maximum Gasteiger partial charge on any atom is 0.116 e. The standard InChI is InChI=1S/C28H17N5S/c1-3-10-22-20(8-1)21-9-2-4-11-23(21)32(22)19-7-5-6-18(16-19)31-17-29-26-24-12-14-30-33(24)25-13-15-34-28(25)27(26)31/h1-17H. The van der Waals surface area contributed by atoms with Gasteiger partial charge in [0, 0.05) is 22.1 Å². The van der Waals surface area contributed by atoms with Crippen LogP contribution in [0.5, 0.6) is 0 Å². The van der Waals surface area contributed by atoms with E-state index in [1.54, 1.807) is 11.3 Å². The number of hydrogen-bond acceptors (Lipinski definition) is 3. The van der Waals surface area contributed by atoms with Gasteiger partial charge in [0.1, 0.15) is 11.8 Å². The van der Waals surface area contributed by atoms with Crippen LogP contribution in [0.4, 0.5) is 0 Å². The predicted octanol–water partition coefficient (Wildman–Crippen LogP) is 6.99. The van der Waals surface area contributed by atoms with Gasteiger partial charge in [-0.2, -0.15) is 5.10 Å². The third kappa shape index (κ3) is 2.27. The first-order valence-corrected chi connectivity index (χ1v) is 12.1. The molecule has 0 aliphatic carbocycles. The van der Waals surface area contributed by atoms with Gasteiger partial charge < -0.3 is 4.57 Å². The minimum absolute atomic E-state index is 0.967.